The summed E-state index contributed by atoms with van der Waals surface area (Å²) in [6.07, 6.45) is 0. The number of carbonyl (C=O) groups is 1. The second-order valence-electron chi connectivity index (χ2n) is 4.56. The summed E-state index contributed by atoms with van der Waals surface area (Å²) in [6, 6.07) is 11.6. The minimum absolute atomic E-state index is 0.0841. The average Bonchev–Trinajstić information content (AvgIpc) is 2.73. The van der Waals surface area contributed by atoms with Crippen molar-refractivity contribution in [2.75, 3.05) is 12.4 Å². The van der Waals surface area contributed by atoms with Crippen LogP contribution in [0.3, 0.4) is 0 Å². The van der Waals surface area contributed by atoms with Gasteiger partial charge in [-0.25, -0.2) is 0 Å². The fourth-order valence-electron chi connectivity index (χ4n) is 2.01. The van der Waals surface area contributed by atoms with Crippen molar-refractivity contribution in [1.29, 1.82) is 0 Å². The number of benzene rings is 1. The van der Waals surface area contributed by atoms with E-state index in [2.05, 4.69) is 10.6 Å². The zero-order valence-electron chi connectivity index (χ0n) is 11.5. The molecule has 0 bridgehead atoms. The summed E-state index contributed by atoms with van der Waals surface area (Å²) in [7, 11) is 3.78. The first-order valence-electron chi connectivity index (χ1n) is 6.29. The lowest BCUT2D eigenvalue weighted by molar-refractivity contribution is 0.101. The summed E-state index contributed by atoms with van der Waals surface area (Å²) in [6.45, 7) is 2.70. The van der Waals surface area contributed by atoms with E-state index in [0.29, 0.717) is 5.69 Å². The summed E-state index contributed by atoms with van der Waals surface area (Å²) in [5.41, 5.74) is 3.65. The highest BCUT2D eigenvalue weighted by atomic mass is 16.1. The van der Waals surface area contributed by atoms with Crippen LogP contribution in [0.1, 0.15) is 21.7 Å². The van der Waals surface area contributed by atoms with Crippen LogP contribution in [0.5, 0.6) is 0 Å². The lowest BCUT2D eigenvalue weighted by atomic mass is 10.1. The van der Waals surface area contributed by atoms with Gasteiger partial charge in [0.05, 0.1) is 0 Å². The number of anilines is 1. The van der Waals surface area contributed by atoms with Crippen molar-refractivity contribution < 1.29 is 4.79 Å². The van der Waals surface area contributed by atoms with E-state index in [1.165, 1.54) is 0 Å². The van der Waals surface area contributed by atoms with E-state index in [1.54, 1.807) is 0 Å². The van der Waals surface area contributed by atoms with Crippen LogP contribution in [0, 0.1) is 6.92 Å². The maximum atomic E-state index is 12.3. The second kappa shape index (κ2) is 5.71. The minimum atomic E-state index is -0.0841. The third-order valence-corrected chi connectivity index (χ3v) is 3.24. The Balaban J connectivity index is 2.22. The molecule has 0 spiro atoms. The van der Waals surface area contributed by atoms with Crippen molar-refractivity contribution >= 4 is 11.6 Å². The molecule has 1 heterocycles. The maximum Gasteiger partial charge on any atom is 0.272 e. The molecular weight excluding hydrogens is 238 g/mol. The summed E-state index contributed by atoms with van der Waals surface area (Å²) in [4.78, 5) is 12.3. The van der Waals surface area contributed by atoms with Crippen LogP contribution >= 0.6 is 0 Å². The third kappa shape index (κ3) is 2.85. The van der Waals surface area contributed by atoms with Gasteiger partial charge in [0, 0.05) is 25.0 Å². The first-order valence-corrected chi connectivity index (χ1v) is 6.29. The van der Waals surface area contributed by atoms with Gasteiger partial charge < -0.3 is 15.2 Å². The number of aryl methyl sites for hydroxylation is 1. The fourth-order valence-corrected chi connectivity index (χ4v) is 2.01. The molecule has 0 saturated heterocycles. The predicted molar refractivity (Wildman–Crippen MR) is 77.3 cm³/mol. The number of hydrogen-bond donors (Lipinski definition) is 2. The fraction of sp³-hybridized carbons (Fsp3) is 0.267. The van der Waals surface area contributed by atoms with E-state index in [-0.39, 0.29) is 5.91 Å². The first kappa shape index (κ1) is 13.4. The molecular formula is C15H19N3O. The number of para-hydroxylation sites is 1. The van der Waals surface area contributed by atoms with Crippen LogP contribution in [-0.4, -0.2) is 17.5 Å². The number of rotatable bonds is 4. The Kier molecular flexibility index (Phi) is 4.02. The standard InChI is InChI=1S/C15H19N3O/c1-11-8-9-14(18(11)3)15(19)17-13-7-5-4-6-12(13)10-16-2/h4-9,16H,10H2,1-3H3,(H,17,19). The molecule has 0 aliphatic rings. The third-order valence-electron chi connectivity index (χ3n) is 3.24. The van der Waals surface area contributed by atoms with Gasteiger partial charge in [0.2, 0.25) is 0 Å². The molecule has 2 aromatic rings. The molecule has 0 radical (unpaired) electrons. The quantitative estimate of drug-likeness (QED) is 0.883. The molecule has 0 unspecified atom stereocenters. The summed E-state index contributed by atoms with van der Waals surface area (Å²) in [5.74, 6) is -0.0841. The van der Waals surface area contributed by atoms with Gasteiger partial charge in [-0.15, -0.1) is 0 Å². The first-order chi connectivity index (χ1) is 9.13. The molecule has 0 aliphatic heterocycles. The molecule has 100 valence electrons. The van der Waals surface area contributed by atoms with E-state index >= 15 is 0 Å². The van der Waals surface area contributed by atoms with Crippen LogP contribution in [0.4, 0.5) is 5.69 Å². The highest BCUT2D eigenvalue weighted by molar-refractivity contribution is 6.03. The van der Waals surface area contributed by atoms with Gasteiger partial charge in [0.1, 0.15) is 5.69 Å². The molecule has 1 aromatic carbocycles. The van der Waals surface area contributed by atoms with Gasteiger partial charge in [-0.1, -0.05) is 18.2 Å². The van der Waals surface area contributed by atoms with Crippen LogP contribution in [0.15, 0.2) is 36.4 Å². The number of nitrogens with zero attached hydrogens (tertiary/aromatic N) is 1. The van der Waals surface area contributed by atoms with Crippen LogP contribution in [0.2, 0.25) is 0 Å². The normalized spacial score (nSPS) is 10.5. The minimum Gasteiger partial charge on any atom is -0.344 e. The van der Waals surface area contributed by atoms with Crippen molar-refractivity contribution in [2.24, 2.45) is 7.05 Å². The summed E-state index contributed by atoms with van der Waals surface area (Å²) in [5, 5.41) is 6.06. The average molecular weight is 257 g/mol. The molecule has 2 N–H and O–H groups in total. The Morgan fingerprint density at radius 2 is 1.95 bits per heavy atom. The molecule has 2 rings (SSSR count). The van der Waals surface area contributed by atoms with E-state index in [9.17, 15) is 4.79 Å². The number of carbonyl (C=O) groups excluding carboxylic acids is 1. The van der Waals surface area contributed by atoms with Crippen LogP contribution < -0.4 is 10.6 Å². The van der Waals surface area contributed by atoms with Gasteiger partial charge in [0.15, 0.2) is 0 Å². The van der Waals surface area contributed by atoms with Crippen LogP contribution in [-0.2, 0) is 13.6 Å². The monoisotopic (exact) mass is 257 g/mol. The topological polar surface area (TPSA) is 46.1 Å². The van der Waals surface area contributed by atoms with Crippen molar-refractivity contribution in [2.45, 2.75) is 13.5 Å². The summed E-state index contributed by atoms with van der Waals surface area (Å²) < 4.78 is 1.88. The van der Waals surface area contributed by atoms with Gasteiger partial charge in [-0.2, -0.15) is 0 Å². The molecule has 0 atom stereocenters. The van der Waals surface area contributed by atoms with E-state index in [4.69, 9.17) is 0 Å². The zero-order valence-corrected chi connectivity index (χ0v) is 11.5. The second-order valence-corrected chi connectivity index (χ2v) is 4.56. The van der Waals surface area contributed by atoms with Gasteiger partial charge in [-0.3, -0.25) is 4.79 Å². The zero-order chi connectivity index (χ0) is 13.8. The van der Waals surface area contributed by atoms with Crippen molar-refractivity contribution in [3.8, 4) is 0 Å². The number of nitrogens with one attached hydrogen (secondary N) is 2. The maximum absolute atomic E-state index is 12.3. The van der Waals surface area contributed by atoms with Gasteiger partial charge in [-0.05, 0) is 37.7 Å². The van der Waals surface area contributed by atoms with Crippen LogP contribution in [0.25, 0.3) is 0 Å². The molecule has 1 aromatic heterocycles. The van der Waals surface area contributed by atoms with E-state index in [0.717, 1.165) is 23.5 Å². The lowest BCUT2D eigenvalue weighted by Gasteiger charge is -2.11. The lowest BCUT2D eigenvalue weighted by Crippen LogP contribution is -2.18. The van der Waals surface area contributed by atoms with Crippen molar-refractivity contribution in [3.05, 3.63) is 53.3 Å². The Morgan fingerprint density at radius 3 is 2.58 bits per heavy atom. The SMILES string of the molecule is CNCc1ccccc1NC(=O)c1ccc(C)n1C. The molecule has 4 heteroatoms. The molecule has 0 saturated carbocycles. The van der Waals surface area contributed by atoms with E-state index < -0.39 is 0 Å². The number of hydrogen-bond acceptors (Lipinski definition) is 2. The Labute approximate surface area is 113 Å². The predicted octanol–water partition coefficient (Wildman–Crippen LogP) is 2.31. The smallest absolute Gasteiger partial charge is 0.272 e. The molecule has 1 amide bonds. The van der Waals surface area contributed by atoms with Crippen molar-refractivity contribution in [1.82, 2.24) is 9.88 Å². The highest BCUT2D eigenvalue weighted by Crippen LogP contribution is 2.16. The van der Waals surface area contributed by atoms with Gasteiger partial charge in [0.25, 0.3) is 5.91 Å². The summed E-state index contributed by atoms with van der Waals surface area (Å²) >= 11 is 0. The molecule has 0 aliphatic carbocycles. The molecule has 4 nitrogen and oxygen atoms in total. The number of aromatic nitrogens is 1. The Morgan fingerprint density at radius 1 is 1.21 bits per heavy atom. The Hall–Kier alpha value is -2.07. The Bertz CT molecular complexity index is 587. The van der Waals surface area contributed by atoms with Crippen molar-refractivity contribution in [3.63, 3.8) is 0 Å². The van der Waals surface area contributed by atoms with Gasteiger partial charge >= 0.3 is 0 Å². The van der Waals surface area contributed by atoms with E-state index in [1.807, 2.05) is 62.0 Å². The number of amides is 1. The highest BCUT2D eigenvalue weighted by Gasteiger charge is 2.12. The largest absolute Gasteiger partial charge is 0.344 e. The molecule has 19 heavy (non-hydrogen) atoms. The molecule has 0 fully saturated rings.